The van der Waals surface area contributed by atoms with E-state index in [0.29, 0.717) is 33.4 Å². The highest BCUT2D eigenvalue weighted by atomic mass is 35.5. The van der Waals surface area contributed by atoms with Crippen LogP contribution < -0.4 is 10.6 Å². The molecule has 0 aliphatic carbocycles. The van der Waals surface area contributed by atoms with E-state index in [4.69, 9.17) is 23.2 Å². The second-order valence-corrected chi connectivity index (χ2v) is 5.42. The Hall–Kier alpha value is -2.04. The zero-order valence-electron chi connectivity index (χ0n) is 11.8. The lowest BCUT2D eigenvalue weighted by atomic mass is 10.1. The molecule has 4 nitrogen and oxygen atoms in total. The highest BCUT2D eigenvalue weighted by Gasteiger charge is 2.09. The topological polar surface area (TPSA) is 58.2 Å². The summed E-state index contributed by atoms with van der Waals surface area (Å²) in [6.07, 6.45) is 0. The molecule has 0 bridgehead atoms. The van der Waals surface area contributed by atoms with Gasteiger partial charge in [0, 0.05) is 33.4 Å². The molecule has 114 valence electrons. The molecule has 0 saturated heterocycles. The third kappa shape index (κ3) is 4.23. The maximum Gasteiger partial charge on any atom is 0.255 e. The van der Waals surface area contributed by atoms with E-state index in [2.05, 4.69) is 10.6 Å². The van der Waals surface area contributed by atoms with Crippen molar-refractivity contribution in [3.05, 3.63) is 63.6 Å². The van der Waals surface area contributed by atoms with E-state index < -0.39 is 0 Å². The second-order valence-electron chi connectivity index (χ2n) is 4.55. The predicted molar refractivity (Wildman–Crippen MR) is 88.9 cm³/mol. The molecule has 0 heterocycles. The summed E-state index contributed by atoms with van der Waals surface area (Å²) in [5.41, 5.74) is 1.48. The molecule has 2 N–H and O–H groups in total. The van der Waals surface area contributed by atoms with Crippen LogP contribution >= 0.6 is 23.2 Å². The second kappa shape index (κ2) is 7.29. The summed E-state index contributed by atoms with van der Waals surface area (Å²) < 4.78 is 0. The summed E-state index contributed by atoms with van der Waals surface area (Å²) in [5, 5.41) is 6.21. The van der Waals surface area contributed by atoms with Crippen LogP contribution in [0.2, 0.25) is 10.0 Å². The number of rotatable bonds is 4. The maximum atomic E-state index is 12.1. The molecule has 2 rings (SSSR count). The van der Waals surface area contributed by atoms with Crippen LogP contribution in [0.3, 0.4) is 0 Å². The number of hydrogen-bond donors (Lipinski definition) is 2. The lowest BCUT2D eigenvalue weighted by molar-refractivity contribution is 0.0955. The Bertz CT molecular complexity index is 680. The third-order valence-corrected chi connectivity index (χ3v) is 3.30. The van der Waals surface area contributed by atoms with E-state index in [9.17, 15) is 9.59 Å². The van der Waals surface area contributed by atoms with E-state index in [1.165, 1.54) is 12.1 Å². The van der Waals surface area contributed by atoms with Crippen molar-refractivity contribution in [1.29, 1.82) is 0 Å². The number of amides is 2. The summed E-state index contributed by atoms with van der Waals surface area (Å²) in [6, 6.07) is 11.2. The van der Waals surface area contributed by atoms with E-state index in [-0.39, 0.29) is 11.8 Å². The third-order valence-electron chi connectivity index (χ3n) is 2.87. The summed E-state index contributed by atoms with van der Waals surface area (Å²) in [7, 11) is 0. The highest BCUT2D eigenvalue weighted by molar-refractivity contribution is 6.35. The molecular weight excluding hydrogens is 323 g/mol. The van der Waals surface area contributed by atoms with Crippen LogP contribution in [0, 0.1) is 0 Å². The SMILES string of the molecule is CCNC(=O)c1ccc(NC(=O)c2cc(Cl)cc(Cl)c2)cc1. The average Bonchev–Trinajstić information content (AvgIpc) is 2.47. The van der Waals surface area contributed by atoms with Crippen LogP contribution in [0.4, 0.5) is 5.69 Å². The smallest absolute Gasteiger partial charge is 0.255 e. The molecular formula is C16H14Cl2N2O2. The number of nitrogens with one attached hydrogen (secondary N) is 2. The quantitative estimate of drug-likeness (QED) is 0.886. The van der Waals surface area contributed by atoms with Crippen LogP contribution in [0.1, 0.15) is 27.6 Å². The number of carbonyl (C=O) groups excluding carboxylic acids is 2. The highest BCUT2D eigenvalue weighted by Crippen LogP contribution is 2.20. The monoisotopic (exact) mass is 336 g/mol. The molecule has 0 saturated carbocycles. The van der Waals surface area contributed by atoms with Gasteiger partial charge in [-0.05, 0) is 49.4 Å². The van der Waals surface area contributed by atoms with Crippen molar-refractivity contribution in [3.8, 4) is 0 Å². The Labute approximate surface area is 138 Å². The first-order valence-electron chi connectivity index (χ1n) is 6.65. The van der Waals surface area contributed by atoms with E-state index >= 15 is 0 Å². The van der Waals surface area contributed by atoms with Crippen LogP contribution in [0.15, 0.2) is 42.5 Å². The first kappa shape index (κ1) is 16.3. The lowest BCUT2D eigenvalue weighted by Crippen LogP contribution is -2.22. The molecule has 0 aliphatic rings. The first-order chi connectivity index (χ1) is 10.5. The number of benzene rings is 2. The van der Waals surface area contributed by atoms with Gasteiger partial charge in [-0.25, -0.2) is 0 Å². The van der Waals surface area contributed by atoms with E-state index in [0.717, 1.165) is 0 Å². The molecule has 2 aromatic carbocycles. The molecule has 2 amide bonds. The predicted octanol–water partition coefficient (Wildman–Crippen LogP) is 4.00. The van der Waals surface area contributed by atoms with Gasteiger partial charge in [-0.2, -0.15) is 0 Å². The van der Waals surface area contributed by atoms with E-state index in [1.54, 1.807) is 30.3 Å². The number of hydrogen-bond acceptors (Lipinski definition) is 2. The summed E-state index contributed by atoms with van der Waals surface area (Å²) in [4.78, 5) is 23.8. The minimum Gasteiger partial charge on any atom is -0.352 e. The maximum absolute atomic E-state index is 12.1. The van der Waals surface area contributed by atoms with Gasteiger partial charge in [-0.3, -0.25) is 9.59 Å². The Morgan fingerprint density at radius 2 is 1.50 bits per heavy atom. The summed E-state index contributed by atoms with van der Waals surface area (Å²) in [5.74, 6) is -0.475. The van der Waals surface area contributed by atoms with Gasteiger partial charge in [0.2, 0.25) is 0 Å². The van der Waals surface area contributed by atoms with E-state index in [1.807, 2.05) is 6.92 Å². The molecule has 0 fully saturated rings. The van der Waals surface area contributed by atoms with Gasteiger partial charge in [0.15, 0.2) is 0 Å². The van der Waals surface area contributed by atoms with Gasteiger partial charge >= 0.3 is 0 Å². The molecule has 22 heavy (non-hydrogen) atoms. The number of halogens is 2. The zero-order valence-corrected chi connectivity index (χ0v) is 13.3. The zero-order chi connectivity index (χ0) is 16.1. The average molecular weight is 337 g/mol. The fourth-order valence-electron chi connectivity index (χ4n) is 1.86. The standard InChI is InChI=1S/C16H14Cl2N2O2/c1-2-19-15(21)10-3-5-14(6-4-10)20-16(22)11-7-12(17)9-13(18)8-11/h3-9H,2H2,1H3,(H,19,21)(H,20,22). The van der Waals surface area contributed by atoms with Gasteiger partial charge < -0.3 is 10.6 Å². The Morgan fingerprint density at radius 1 is 0.909 bits per heavy atom. The van der Waals surface area contributed by atoms with Crippen LogP contribution in [-0.2, 0) is 0 Å². The largest absolute Gasteiger partial charge is 0.352 e. The van der Waals surface area contributed by atoms with Crippen molar-refractivity contribution < 1.29 is 9.59 Å². The molecule has 0 unspecified atom stereocenters. The molecule has 0 aromatic heterocycles. The van der Waals surface area contributed by atoms with Gasteiger partial charge in [0.1, 0.15) is 0 Å². The van der Waals surface area contributed by atoms with Crippen molar-refractivity contribution in [1.82, 2.24) is 5.32 Å². The minimum absolute atomic E-state index is 0.151. The van der Waals surface area contributed by atoms with Crippen LogP contribution in [0.5, 0.6) is 0 Å². The van der Waals surface area contributed by atoms with Gasteiger partial charge in [-0.15, -0.1) is 0 Å². The Balaban J connectivity index is 2.10. The number of anilines is 1. The summed E-state index contributed by atoms with van der Waals surface area (Å²) in [6.45, 7) is 2.41. The lowest BCUT2D eigenvalue weighted by Gasteiger charge is -2.07. The number of carbonyl (C=O) groups is 2. The molecule has 0 aliphatic heterocycles. The van der Waals surface area contributed by atoms with Gasteiger partial charge in [-0.1, -0.05) is 23.2 Å². The van der Waals surface area contributed by atoms with Gasteiger partial charge in [0.05, 0.1) is 0 Å². The van der Waals surface area contributed by atoms with Crippen molar-refractivity contribution in [3.63, 3.8) is 0 Å². The first-order valence-corrected chi connectivity index (χ1v) is 7.41. The van der Waals surface area contributed by atoms with Crippen molar-refractivity contribution >= 4 is 40.7 Å². The normalized spacial score (nSPS) is 10.1. The fraction of sp³-hybridized carbons (Fsp3) is 0.125. The van der Waals surface area contributed by atoms with Crippen LogP contribution in [-0.4, -0.2) is 18.4 Å². The Morgan fingerprint density at radius 3 is 2.05 bits per heavy atom. The fourth-order valence-corrected chi connectivity index (χ4v) is 2.38. The minimum atomic E-state index is -0.324. The van der Waals surface area contributed by atoms with Crippen molar-refractivity contribution in [2.75, 3.05) is 11.9 Å². The Kier molecular flexibility index (Phi) is 5.41. The molecule has 0 spiro atoms. The van der Waals surface area contributed by atoms with Crippen LogP contribution in [0.25, 0.3) is 0 Å². The van der Waals surface area contributed by atoms with Crippen molar-refractivity contribution in [2.24, 2.45) is 0 Å². The van der Waals surface area contributed by atoms with Crippen molar-refractivity contribution in [2.45, 2.75) is 6.92 Å². The molecule has 6 heteroatoms. The summed E-state index contributed by atoms with van der Waals surface area (Å²) >= 11 is 11.7. The molecule has 0 radical (unpaired) electrons. The molecule has 0 atom stereocenters. The molecule has 2 aromatic rings. The van der Waals surface area contributed by atoms with Gasteiger partial charge in [0.25, 0.3) is 11.8 Å².